The van der Waals surface area contributed by atoms with Crippen LogP contribution >= 0.6 is 11.6 Å². The lowest BCUT2D eigenvalue weighted by Gasteiger charge is -2.36. The van der Waals surface area contributed by atoms with Crippen LogP contribution in [0.1, 0.15) is 40.9 Å². The first-order valence-electron chi connectivity index (χ1n) is 13.1. The third-order valence-corrected chi connectivity index (χ3v) is 7.31. The fourth-order valence-corrected chi connectivity index (χ4v) is 5.09. The van der Waals surface area contributed by atoms with Crippen molar-refractivity contribution in [3.05, 3.63) is 82.8 Å². The first-order chi connectivity index (χ1) is 18.9. The molecule has 39 heavy (non-hydrogen) atoms. The number of nitrogens with zero attached hydrogens (tertiary/aromatic N) is 5. The van der Waals surface area contributed by atoms with Crippen LogP contribution in [-0.4, -0.2) is 63.0 Å². The summed E-state index contributed by atoms with van der Waals surface area (Å²) in [5, 5.41) is 9.64. The number of hydrogen-bond donors (Lipinski definition) is 1. The number of unbranched alkanes of at least 4 members (excludes halogenated alkanes) is 1. The molecule has 0 saturated carbocycles. The molecule has 0 radical (unpaired) electrons. The number of anilines is 1. The van der Waals surface area contributed by atoms with E-state index in [2.05, 4.69) is 16.8 Å². The number of piperazine rings is 1. The highest BCUT2D eigenvalue weighted by Crippen LogP contribution is 2.27. The standard InChI is InChI=1S/C30H30ClN5O3/c1-20-19-32-13-12-27(20)35-14-16-36(17-15-35)30(39)22-8-11-24-26(18-22)33-25(4-2-3-5-28(37)38)29(34-24)21-6-9-23(31)10-7-21/h6-13,18-19H,2-5,14-17H2,1H3,(H,37,38). The highest BCUT2D eigenvalue weighted by Gasteiger charge is 2.24. The van der Waals surface area contributed by atoms with E-state index in [4.69, 9.17) is 26.7 Å². The lowest BCUT2D eigenvalue weighted by molar-refractivity contribution is -0.137. The number of halogens is 1. The summed E-state index contributed by atoms with van der Waals surface area (Å²) in [6.45, 7) is 4.84. The molecule has 1 amide bonds. The summed E-state index contributed by atoms with van der Waals surface area (Å²) < 4.78 is 0. The molecule has 0 spiro atoms. The van der Waals surface area contributed by atoms with Gasteiger partial charge in [0.15, 0.2) is 0 Å². The van der Waals surface area contributed by atoms with Crippen LogP contribution in [0.5, 0.6) is 0 Å². The zero-order chi connectivity index (χ0) is 27.4. The molecule has 2 aromatic heterocycles. The van der Waals surface area contributed by atoms with Crippen LogP contribution in [0.4, 0.5) is 5.69 Å². The Morgan fingerprint density at radius 2 is 1.72 bits per heavy atom. The van der Waals surface area contributed by atoms with E-state index in [-0.39, 0.29) is 12.3 Å². The lowest BCUT2D eigenvalue weighted by atomic mass is 10.0. The van der Waals surface area contributed by atoms with E-state index in [0.717, 1.165) is 41.3 Å². The number of benzene rings is 2. The minimum absolute atomic E-state index is 0.0189. The fraction of sp³-hybridized carbons (Fsp3) is 0.300. The molecule has 4 aromatic rings. The Labute approximate surface area is 232 Å². The second kappa shape index (κ2) is 11.8. The van der Waals surface area contributed by atoms with Gasteiger partial charge < -0.3 is 14.9 Å². The van der Waals surface area contributed by atoms with Crippen LogP contribution < -0.4 is 4.90 Å². The van der Waals surface area contributed by atoms with Gasteiger partial charge in [0.05, 0.1) is 22.4 Å². The van der Waals surface area contributed by atoms with Gasteiger partial charge in [-0.15, -0.1) is 0 Å². The minimum atomic E-state index is -0.808. The maximum absolute atomic E-state index is 13.4. The monoisotopic (exact) mass is 543 g/mol. The van der Waals surface area contributed by atoms with Crippen molar-refractivity contribution in [1.29, 1.82) is 0 Å². The van der Waals surface area contributed by atoms with Crippen molar-refractivity contribution in [2.24, 2.45) is 0 Å². The van der Waals surface area contributed by atoms with Gasteiger partial charge in [-0.3, -0.25) is 14.6 Å². The second-order valence-electron chi connectivity index (χ2n) is 9.77. The summed E-state index contributed by atoms with van der Waals surface area (Å²) in [6, 6.07) is 14.9. The van der Waals surface area contributed by atoms with E-state index >= 15 is 0 Å². The third-order valence-electron chi connectivity index (χ3n) is 7.05. The number of rotatable bonds is 8. The molecule has 0 atom stereocenters. The summed E-state index contributed by atoms with van der Waals surface area (Å²) in [4.78, 5) is 42.5. The number of fused-ring (bicyclic) bond motifs is 1. The van der Waals surface area contributed by atoms with E-state index in [9.17, 15) is 9.59 Å². The van der Waals surface area contributed by atoms with Gasteiger partial charge in [0, 0.05) is 66.8 Å². The molecule has 1 aliphatic heterocycles. The number of amides is 1. The SMILES string of the molecule is Cc1cnccc1N1CCN(C(=O)c2ccc3nc(-c4ccc(Cl)cc4)c(CCCCC(=O)O)nc3c2)CC1. The number of carboxylic acid groups (broad SMARTS) is 1. The normalized spacial score (nSPS) is 13.6. The van der Waals surface area contributed by atoms with Crippen LogP contribution in [0.2, 0.25) is 5.02 Å². The molecule has 8 nitrogen and oxygen atoms in total. The number of aryl methyl sites for hydroxylation is 2. The number of carboxylic acids is 1. The van der Waals surface area contributed by atoms with Gasteiger partial charge in [0.2, 0.25) is 0 Å². The van der Waals surface area contributed by atoms with Crippen LogP contribution in [0.3, 0.4) is 0 Å². The zero-order valence-corrected chi connectivity index (χ0v) is 22.6. The van der Waals surface area contributed by atoms with Crippen molar-refractivity contribution in [1.82, 2.24) is 19.9 Å². The van der Waals surface area contributed by atoms with Gasteiger partial charge in [0.25, 0.3) is 5.91 Å². The summed E-state index contributed by atoms with van der Waals surface area (Å²) in [5.41, 5.74) is 6.64. The Balaban J connectivity index is 1.37. The van der Waals surface area contributed by atoms with Gasteiger partial charge in [0.1, 0.15) is 0 Å². The first kappa shape index (κ1) is 26.6. The molecule has 1 saturated heterocycles. The van der Waals surface area contributed by atoms with Gasteiger partial charge in [-0.05, 0) is 68.1 Å². The van der Waals surface area contributed by atoms with Gasteiger partial charge in [-0.25, -0.2) is 9.97 Å². The summed E-state index contributed by atoms with van der Waals surface area (Å²) in [6.07, 6.45) is 5.59. The highest BCUT2D eigenvalue weighted by molar-refractivity contribution is 6.30. The second-order valence-corrected chi connectivity index (χ2v) is 10.2. The molecular weight excluding hydrogens is 514 g/mol. The smallest absolute Gasteiger partial charge is 0.303 e. The largest absolute Gasteiger partial charge is 0.481 e. The predicted octanol–water partition coefficient (Wildman–Crippen LogP) is 5.41. The molecule has 3 heterocycles. The number of carbonyl (C=O) groups is 2. The van der Waals surface area contributed by atoms with Crippen molar-refractivity contribution < 1.29 is 14.7 Å². The van der Waals surface area contributed by atoms with Crippen molar-refractivity contribution in [2.75, 3.05) is 31.1 Å². The number of carbonyl (C=O) groups excluding carboxylic acids is 1. The number of aliphatic carboxylic acids is 1. The van der Waals surface area contributed by atoms with Crippen LogP contribution in [0.25, 0.3) is 22.3 Å². The molecule has 200 valence electrons. The van der Waals surface area contributed by atoms with Crippen LogP contribution in [0, 0.1) is 6.92 Å². The predicted molar refractivity (Wildman–Crippen MR) is 152 cm³/mol. The number of pyridine rings is 1. The van der Waals surface area contributed by atoms with E-state index in [0.29, 0.717) is 54.0 Å². The van der Waals surface area contributed by atoms with Crippen molar-refractivity contribution in [3.63, 3.8) is 0 Å². The quantitative estimate of drug-likeness (QED) is 0.296. The zero-order valence-electron chi connectivity index (χ0n) is 21.8. The fourth-order valence-electron chi connectivity index (χ4n) is 4.96. The number of aromatic nitrogens is 3. The van der Waals surface area contributed by atoms with Gasteiger partial charge in [-0.2, -0.15) is 0 Å². The third kappa shape index (κ3) is 6.17. The molecule has 1 N–H and O–H groups in total. The van der Waals surface area contributed by atoms with Crippen LogP contribution in [-0.2, 0) is 11.2 Å². The maximum Gasteiger partial charge on any atom is 0.303 e. The molecular formula is C30H30ClN5O3. The van der Waals surface area contributed by atoms with Crippen molar-refractivity contribution >= 4 is 40.2 Å². The average molecular weight is 544 g/mol. The molecule has 0 bridgehead atoms. The lowest BCUT2D eigenvalue weighted by Crippen LogP contribution is -2.49. The molecule has 5 rings (SSSR count). The van der Waals surface area contributed by atoms with Gasteiger partial charge in [-0.1, -0.05) is 23.7 Å². The Morgan fingerprint density at radius 3 is 2.44 bits per heavy atom. The van der Waals surface area contributed by atoms with E-state index in [1.807, 2.05) is 59.6 Å². The first-order valence-corrected chi connectivity index (χ1v) is 13.5. The highest BCUT2D eigenvalue weighted by atomic mass is 35.5. The van der Waals surface area contributed by atoms with Gasteiger partial charge >= 0.3 is 5.97 Å². The molecule has 1 fully saturated rings. The van der Waals surface area contributed by atoms with E-state index in [1.54, 1.807) is 6.20 Å². The molecule has 9 heteroatoms. The summed E-state index contributed by atoms with van der Waals surface area (Å²) in [7, 11) is 0. The Bertz CT molecular complexity index is 1500. The number of hydrogen-bond acceptors (Lipinski definition) is 6. The van der Waals surface area contributed by atoms with Crippen LogP contribution in [0.15, 0.2) is 60.9 Å². The Hall–Kier alpha value is -4.04. The Morgan fingerprint density at radius 1 is 0.949 bits per heavy atom. The minimum Gasteiger partial charge on any atom is -0.481 e. The summed E-state index contributed by atoms with van der Waals surface area (Å²) in [5.74, 6) is -0.827. The van der Waals surface area contributed by atoms with E-state index in [1.165, 1.54) is 0 Å². The Kier molecular flexibility index (Phi) is 8.02. The molecule has 2 aromatic carbocycles. The molecule has 0 unspecified atom stereocenters. The average Bonchev–Trinajstić information content (AvgIpc) is 2.95. The molecule has 1 aliphatic rings. The topological polar surface area (TPSA) is 99.5 Å². The maximum atomic E-state index is 13.4. The van der Waals surface area contributed by atoms with Crippen molar-refractivity contribution in [2.45, 2.75) is 32.6 Å². The summed E-state index contributed by atoms with van der Waals surface area (Å²) >= 11 is 6.09. The molecule has 0 aliphatic carbocycles. The van der Waals surface area contributed by atoms with Crippen molar-refractivity contribution in [3.8, 4) is 11.3 Å². The van der Waals surface area contributed by atoms with E-state index < -0.39 is 5.97 Å².